The number of rotatable bonds is 1. The van der Waals surface area contributed by atoms with Crippen LogP contribution in [0.2, 0.25) is 0 Å². The molecule has 0 spiro atoms. The van der Waals surface area contributed by atoms with Gasteiger partial charge in [0, 0.05) is 6.61 Å². The first-order chi connectivity index (χ1) is 4.61. The molecule has 1 aliphatic rings. The minimum absolute atomic E-state index is 0. The molecule has 1 fully saturated rings. The first-order valence-electron chi connectivity index (χ1n) is 3.00. The third-order valence-electron chi connectivity index (χ3n) is 1.26. The van der Waals surface area contributed by atoms with Gasteiger partial charge in [-0.2, -0.15) is 0 Å². The van der Waals surface area contributed by atoms with Crippen molar-refractivity contribution in [3.8, 4) is 0 Å². The van der Waals surface area contributed by atoms with Gasteiger partial charge in [0.15, 0.2) is 0 Å². The molecule has 0 aromatic heterocycles. The van der Waals surface area contributed by atoms with Crippen LogP contribution in [0.25, 0.3) is 0 Å². The second-order valence-corrected chi connectivity index (χ2v) is 2.11. The van der Waals surface area contributed by atoms with Gasteiger partial charge in [-0.1, -0.05) is 0 Å². The summed E-state index contributed by atoms with van der Waals surface area (Å²) in [6.45, 7) is -4.90. The SMILES string of the molecule is F[B-](F)(F)C1COCCO1.[K+]. The second-order valence-electron chi connectivity index (χ2n) is 2.11. The Labute approximate surface area is 105 Å². The van der Waals surface area contributed by atoms with Crippen LogP contribution in [0, 0.1) is 0 Å². The maximum atomic E-state index is 11.8. The predicted octanol–water partition coefficient (Wildman–Crippen LogP) is -2.21. The summed E-state index contributed by atoms with van der Waals surface area (Å²) in [7, 11) is 0. The molecule has 1 heterocycles. The van der Waals surface area contributed by atoms with Crippen LogP contribution in [0.4, 0.5) is 12.9 Å². The molecular formula is C4H7BF3KO2. The molecule has 0 aromatic carbocycles. The molecule has 0 aromatic rings. The molecule has 0 bridgehead atoms. The van der Waals surface area contributed by atoms with Crippen LogP contribution in [0.1, 0.15) is 0 Å². The van der Waals surface area contributed by atoms with Crippen LogP contribution in [-0.2, 0) is 9.47 Å². The van der Waals surface area contributed by atoms with E-state index >= 15 is 0 Å². The monoisotopic (exact) mass is 194 g/mol. The van der Waals surface area contributed by atoms with E-state index in [1.807, 2.05) is 0 Å². The summed E-state index contributed by atoms with van der Waals surface area (Å²) in [5.41, 5.74) is 0. The standard InChI is InChI=1S/C4H7BF3O2.K/c6-5(7,8)4-3-9-1-2-10-4;/h4H,1-3H2;/q-1;+1. The van der Waals surface area contributed by atoms with Crippen molar-refractivity contribution in [3.05, 3.63) is 0 Å². The molecule has 1 saturated heterocycles. The summed E-state index contributed by atoms with van der Waals surface area (Å²) >= 11 is 0. The fourth-order valence-electron chi connectivity index (χ4n) is 0.724. The fraction of sp³-hybridized carbons (Fsp3) is 1.00. The average molecular weight is 194 g/mol. The average Bonchev–Trinajstić information content (AvgIpc) is 1.88. The molecule has 1 unspecified atom stereocenters. The zero-order chi connectivity index (χ0) is 7.61. The Kier molecular flexibility index (Phi) is 5.88. The number of halogens is 3. The fourth-order valence-corrected chi connectivity index (χ4v) is 0.724. The smallest absolute Gasteiger partial charge is 0.447 e. The molecule has 2 nitrogen and oxygen atoms in total. The number of hydrogen-bond acceptors (Lipinski definition) is 2. The molecule has 0 aliphatic carbocycles. The molecule has 1 atom stereocenters. The second kappa shape index (κ2) is 5.21. The van der Waals surface area contributed by atoms with Crippen molar-refractivity contribution in [1.82, 2.24) is 0 Å². The number of hydrogen-bond donors (Lipinski definition) is 0. The van der Waals surface area contributed by atoms with Gasteiger partial charge in [0.05, 0.1) is 19.2 Å². The molecule has 0 amide bonds. The normalized spacial score (nSPS) is 25.9. The molecule has 0 saturated carbocycles. The van der Waals surface area contributed by atoms with E-state index in [0.717, 1.165) is 0 Å². The summed E-state index contributed by atoms with van der Waals surface area (Å²) in [5.74, 6) is 0. The van der Waals surface area contributed by atoms with Crippen molar-refractivity contribution in [3.63, 3.8) is 0 Å². The van der Waals surface area contributed by atoms with E-state index in [1.54, 1.807) is 0 Å². The minimum Gasteiger partial charge on any atom is -0.447 e. The third kappa shape index (κ3) is 4.26. The van der Waals surface area contributed by atoms with Crippen LogP contribution >= 0.6 is 0 Å². The summed E-state index contributed by atoms with van der Waals surface area (Å²) in [6, 6.07) is -1.66. The van der Waals surface area contributed by atoms with Gasteiger partial charge in [0.1, 0.15) is 0 Å². The summed E-state index contributed by atoms with van der Waals surface area (Å²) in [4.78, 5) is 0. The Hall–Kier alpha value is 1.41. The maximum Gasteiger partial charge on any atom is 1.00 e. The Morgan fingerprint density at radius 2 is 1.82 bits per heavy atom. The Morgan fingerprint density at radius 3 is 2.09 bits per heavy atom. The van der Waals surface area contributed by atoms with Gasteiger partial charge in [-0.15, -0.1) is 0 Å². The van der Waals surface area contributed by atoms with Gasteiger partial charge in [-0.3, -0.25) is 0 Å². The van der Waals surface area contributed by atoms with Crippen LogP contribution < -0.4 is 51.4 Å². The van der Waals surface area contributed by atoms with Crippen LogP contribution in [0.15, 0.2) is 0 Å². The predicted molar refractivity (Wildman–Crippen MR) is 29.6 cm³/mol. The van der Waals surface area contributed by atoms with E-state index in [2.05, 4.69) is 9.47 Å². The van der Waals surface area contributed by atoms with Crippen molar-refractivity contribution < 1.29 is 73.8 Å². The van der Waals surface area contributed by atoms with Gasteiger partial charge >= 0.3 is 58.4 Å². The van der Waals surface area contributed by atoms with E-state index < -0.39 is 13.0 Å². The van der Waals surface area contributed by atoms with Crippen molar-refractivity contribution in [2.24, 2.45) is 0 Å². The van der Waals surface area contributed by atoms with Crippen LogP contribution in [-0.4, -0.2) is 32.8 Å². The van der Waals surface area contributed by atoms with Crippen molar-refractivity contribution in [2.45, 2.75) is 6.00 Å². The van der Waals surface area contributed by atoms with Crippen molar-refractivity contribution in [2.75, 3.05) is 19.8 Å². The molecule has 1 rings (SSSR count). The first-order valence-corrected chi connectivity index (χ1v) is 3.00. The molecular weight excluding hydrogens is 187 g/mol. The van der Waals surface area contributed by atoms with Gasteiger partial charge in [0.25, 0.3) is 0 Å². The van der Waals surface area contributed by atoms with Gasteiger partial charge in [-0.25, -0.2) is 0 Å². The van der Waals surface area contributed by atoms with Gasteiger partial charge in [0.2, 0.25) is 0 Å². The summed E-state index contributed by atoms with van der Waals surface area (Å²) < 4.78 is 44.4. The minimum atomic E-state index is -4.87. The third-order valence-corrected chi connectivity index (χ3v) is 1.26. The van der Waals surface area contributed by atoms with Crippen molar-refractivity contribution in [1.29, 1.82) is 0 Å². The molecule has 7 heteroatoms. The van der Waals surface area contributed by atoms with E-state index in [4.69, 9.17) is 0 Å². The van der Waals surface area contributed by atoms with E-state index in [0.29, 0.717) is 0 Å². The van der Waals surface area contributed by atoms with Gasteiger partial charge in [-0.05, 0) is 0 Å². The maximum absolute atomic E-state index is 11.8. The zero-order valence-electron chi connectivity index (χ0n) is 6.23. The Bertz CT molecular complexity index is 114. The Morgan fingerprint density at radius 1 is 1.18 bits per heavy atom. The molecule has 11 heavy (non-hydrogen) atoms. The summed E-state index contributed by atoms with van der Waals surface area (Å²) in [5, 5.41) is 0. The quantitative estimate of drug-likeness (QED) is 0.441. The molecule has 60 valence electrons. The summed E-state index contributed by atoms with van der Waals surface area (Å²) in [6.07, 6.45) is 0. The topological polar surface area (TPSA) is 18.5 Å². The molecule has 0 N–H and O–H groups in total. The van der Waals surface area contributed by atoms with E-state index in [1.165, 1.54) is 0 Å². The molecule has 0 radical (unpaired) electrons. The zero-order valence-corrected chi connectivity index (χ0v) is 9.35. The van der Waals surface area contributed by atoms with Crippen molar-refractivity contribution >= 4 is 6.98 Å². The largest absolute Gasteiger partial charge is 1.00 e. The first kappa shape index (κ1) is 12.4. The van der Waals surface area contributed by atoms with E-state index in [9.17, 15) is 12.9 Å². The Balaban J connectivity index is 0.000001000. The molecule has 1 aliphatic heterocycles. The van der Waals surface area contributed by atoms with E-state index in [-0.39, 0.29) is 71.2 Å². The number of ether oxygens (including phenoxy) is 2. The van der Waals surface area contributed by atoms with Crippen LogP contribution in [0.3, 0.4) is 0 Å². The van der Waals surface area contributed by atoms with Crippen LogP contribution in [0.5, 0.6) is 0 Å². The van der Waals surface area contributed by atoms with Gasteiger partial charge < -0.3 is 22.4 Å².